The lowest BCUT2D eigenvalue weighted by Gasteiger charge is -2.47. The van der Waals surface area contributed by atoms with Crippen LogP contribution in [-0.4, -0.2) is 47.2 Å². The fourth-order valence-corrected chi connectivity index (χ4v) is 2.90. The highest BCUT2D eigenvalue weighted by molar-refractivity contribution is 7.13. The molecule has 110 valence electrons. The van der Waals surface area contributed by atoms with E-state index in [9.17, 15) is 4.79 Å². The molecule has 3 N–H and O–H groups in total. The van der Waals surface area contributed by atoms with Crippen molar-refractivity contribution in [3.05, 3.63) is 35.5 Å². The highest BCUT2D eigenvalue weighted by Gasteiger charge is 2.37. The average molecular weight is 305 g/mol. The van der Waals surface area contributed by atoms with E-state index in [1.807, 2.05) is 18.4 Å². The molecular weight excluding hydrogens is 290 g/mol. The van der Waals surface area contributed by atoms with Gasteiger partial charge in [-0.2, -0.15) is 0 Å². The van der Waals surface area contributed by atoms with Crippen LogP contribution in [0.1, 0.15) is 5.69 Å². The number of nitrogens with one attached hydrogen (secondary N) is 1. The van der Waals surface area contributed by atoms with E-state index >= 15 is 0 Å². The van der Waals surface area contributed by atoms with Crippen LogP contribution in [0.5, 0.6) is 0 Å². The number of oxime groups is 1. The Morgan fingerprint density at radius 1 is 1.62 bits per heavy atom. The number of allylic oxidation sites excluding steroid dienone is 2. The Kier molecular flexibility index (Phi) is 3.61. The highest BCUT2D eigenvalue weighted by Crippen LogP contribution is 2.23. The molecule has 0 aromatic carbocycles. The van der Waals surface area contributed by atoms with Gasteiger partial charge in [-0.1, -0.05) is 17.3 Å². The fourth-order valence-electron chi connectivity index (χ4n) is 2.35. The second-order valence-electron chi connectivity index (χ2n) is 4.69. The second kappa shape index (κ2) is 5.57. The second-order valence-corrected chi connectivity index (χ2v) is 5.58. The Hall–Kier alpha value is -2.35. The van der Waals surface area contributed by atoms with Crippen LogP contribution in [0.4, 0.5) is 5.13 Å². The van der Waals surface area contributed by atoms with Crippen molar-refractivity contribution in [1.82, 2.24) is 15.2 Å². The maximum absolute atomic E-state index is 12.4. The van der Waals surface area contributed by atoms with E-state index in [0.717, 1.165) is 6.54 Å². The van der Waals surface area contributed by atoms with Gasteiger partial charge in [0.25, 0.3) is 5.91 Å². The monoisotopic (exact) mass is 305 g/mol. The van der Waals surface area contributed by atoms with Crippen LogP contribution in [-0.2, 0) is 9.63 Å². The van der Waals surface area contributed by atoms with Gasteiger partial charge >= 0.3 is 0 Å². The molecule has 1 saturated heterocycles. The SMILES string of the molecule is CON=C(C(=O)N[C@@H]1CN2C=CC=C[C@@H]12)c1csc(N)n1. The molecule has 2 aliphatic rings. The fraction of sp³-hybridized carbons (Fsp3) is 0.308. The van der Waals surface area contributed by atoms with E-state index in [2.05, 4.69) is 26.4 Å². The van der Waals surface area contributed by atoms with Gasteiger partial charge in [-0.15, -0.1) is 11.3 Å². The number of nitrogens with zero attached hydrogens (tertiary/aromatic N) is 3. The third-order valence-corrected chi connectivity index (χ3v) is 4.05. The van der Waals surface area contributed by atoms with E-state index < -0.39 is 0 Å². The number of carbonyl (C=O) groups is 1. The summed E-state index contributed by atoms with van der Waals surface area (Å²) in [7, 11) is 1.39. The summed E-state index contributed by atoms with van der Waals surface area (Å²) in [6, 6.07) is 0.250. The minimum absolute atomic E-state index is 0.0525. The highest BCUT2D eigenvalue weighted by atomic mass is 32.1. The van der Waals surface area contributed by atoms with Crippen molar-refractivity contribution in [2.75, 3.05) is 19.4 Å². The van der Waals surface area contributed by atoms with Gasteiger partial charge in [0.1, 0.15) is 12.8 Å². The van der Waals surface area contributed by atoms with Crippen LogP contribution in [0, 0.1) is 0 Å². The maximum Gasteiger partial charge on any atom is 0.275 e. The number of nitrogens with two attached hydrogens (primary N) is 1. The smallest absolute Gasteiger partial charge is 0.275 e. The van der Waals surface area contributed by atoms with Crippen molar-refractivity contribution < 1.29 is 9.63 Å². The van der Waals surface area contributed by atoms with Crippen molar-refractivity contribution in [1.29, 1.82) is 0 Å². The molecule has 2 aliphatic heterocycles. The number of hydrogen-bond acceptors (Lipinski definition) is 7. The van der Waals surface area contributed by atoms with Gasteiger partial charge in [0.2, 0.25) is 0 Å². The number of thiazole rings is 1. The van der Waals surface area contributed by atoms with E-state index in [0.29, 0.717) is 10.8 Å². The number of carbonyl (C=O) groups excluding carboxylic acids is 1. The Balaban J connectivity index is 1.70. The first kappa shape index (κ1) is 13.6. The molecule has 1 aromatic heterocycles. The molecule has 0 radical (unpaired) electrons. The van der Waals surface area contributed by atoms with Crippen molar-refractivity contribution in [2.24, 2.45) is 5.16 Å². The zero-order valence-corrected chi connectivity index (χ0v) is 12.2. The van der Waals surface area contributed by atoms with Crippen LogP contribution in [0.2, 0.25) is 0 Å². The van der Waals surface area contributed by atoms with Crippen molar-refractivity contribution in [3.63, 3.8) is 0 Å². The van der Waals surface area contributed by atoms with Crippen molar-refractivity contribution in [2.45, 2.75) is 12.1 Å². The molecule has 21 heavy (non-hydrogen) atoms. The number of amides is 1. The van der Waals surface area contributed by atoms with Crippen LogP contribution in [0.15, 0.2) is 35.0 Å². The predicted molar refractivity (Wildman–Crippen MR) is 80.8 cm³/mol. The van der Waals surface area contributed by atoms with Crippen molar-refractivity contribution in [3.8, 4) is 0 Å². The Bertz CT molecular complexity index is 636. The molecule has 2 atom stereocenters. The summed E-state index contributed by atoms with van der Waals surface area (Å²) >= 11 is 1.25. The Labute approximate surface area is 125 Å². The van der Waals surface area contributed by atoms with E-state index in [1.54, 1.807) is 5.38 Å². The number of aromatic nitrogens is 1. The summed E-state index contributed by atoms with van der Waals surface area (Å²) in [5, 5.41) is 8.80. The van der Waals surface area contributed by atoms with E-state index in [1.165, 1.54) is 18.4 Å². The summed E-state index contributed by atoms with van der Waals surface area (Å²) in [5.74, 6) is -0.310. The molecule has 7 nitrogen and oxygen atoms in total. The summed E-state index contributed by atoms with van der Waals surface area (Å²) in [4.78, 5) is 23.3. The molecule has 1 aromatic rings. The number of rotatable bonds is 4. The molecule has 0 bridgehead atoms. The Morgan fingerprint density at radius 2 is 2.48 bits per heavy atom. The molecule has 0 spiro atoms. The molecule has 3 rings (SSSR count). The number of anilines is 1. The molecule has 1 fully saturated rings. The summed E-state index contributed by atoms with van der Waals surface area (Å²) in [6.07, 6.45) is 8.02. The lowest BCUT2D eigenvalue weighted by Crippen LogP contribution is -2.65. The summed E-state index contributed by atoms with van der Waals surface area (Å²) < 4.78 is 0. The minimum Gasteiger partial charge on any atom is -0.398 e. The lowest BCUT2D eigenvalue weighted by molar-refractivity contribution is -0.116. The molecular formula is C13H15N5O2S. The number of hydrogen-bond donors (Lipinski definition) is 2. The number of nitrogen functional groups attached to an aromatic ring is 1. The molecule has 8 heteroatoms. The van der Waals surface area contributed by atoms with Gasteiger partial charge in [0.05, 0.1) is 12.1 Å². The minimum atomic E-state index is -0.310. The topological polar surface area (TPSA) is 92.8 Å². The van der Waals surface area contributed by atoms with Gasteiger partial charge < -0.3 is 20.8 Å². The zero-order valence-electron chi connectivity index (χ0n) is 11.4. The molecule has 0 unspecified atom stereocenters. The normalized spacial score (nSPS) is 23.5. The van der Waals surface area contributed by atoms with Gasteiger partial charge in [-0.25, -0.2) is 4.98 Å². The van der Waals surface area contributed by atoms with Crippen LogP contribution in [0.25, 0.3) is 0 Å². The van der Waals surface area contributed by atoms with E-state index in [4.69, 9.17) is 10.6 Å². The zero-order chi connectivity index (χ0) is 14.8. The lowest BCUT2D eigenvalue weighted by atomic mass is 9.94. The third kappa shape index (κ3) is 2.62. The van der Waals surface area contributed by atoms with Gasteiger partial charge in [0.15, 0.2) is 10.8 Å². The molecule has 3 heterocycles. The summed E-state index contributed by atoms with van der Waals surface area (Å²) in [5.41, 5.74) is 6.16. The summed E-state index contributed by atoms with van der Waals surface area (Å²) in [6.45, 7) is 0.775. The standard InChI is InChI=1S/C13H15N5O2S/c1-20-17-11(9-7-21-13(14)16-9)12(19)15-8-6-18-5-3-2-4-10(8)18/h2-5,7-8,10H,6H2,1H3,(H2,14,16)(H,15,19)/t8-,10+/m1/s1. The van der Waals surface area contributed by atoms with Crippen LogP contribution in [0.3, 0.4) is 0 Å². The maximum atomic E-state index is 12.4. The van der Waals surface area contributed by atoms with Gasteiger partial charge in [-0.3, -0.25) is 4.79 Å². The molecule has 1 amide bonds. The molecule has 0 aliphatic carbocycles. The largest absolute Gasteiger partial charge is 0.398 e. The van der Waals surface area contributed by atoms with Crippen LogP contribution >= 0.6 is 11.3 Å². The van der Waals surface area contributed by atoms with Gasteiger partial charge in [-0.05, 0) is 12.3 Å². The predicted octanol–water partition coefficient (Wildman–Crippen LogP) is 0.328. The first-order valence-corrected chi connectivity index (χ1v) is 7.31. The average Bonchev–Trinajstić information content (AvgIpc) is 2.88. The number of fused-ring (bicyclic) bond motifs is 1. The van der Waals surface area contributed by atoms with Crippen molar-refractivity contribution >= 4 is 28.1 Å². The third-order valence-electron chi connectivity index (χ3n) is 3.38. The van der Waals surface area contributed by atoms with Gasteiger partial charge in [0, 0.05) is 11.9 Å². The Morgan fingerprint density at radius 3 is 3.14 bits per heavy atom. The van der Waals surface area contributed by atoms with Crippen LogP contribution < -0.4 is 11.1 Å². The quantitative estimate of drug-likeness (QED) is 0.617. The molecule has 0 saturated carbocycles. The first-order chi connectivity index (χ1) is 10.2. The van der Waals surface area contributed by atoms with E-state index in [-0.39, 0.29) is 23.7 Å². The first-order valence-electron chi connectivity index (χ1n) is 6.43.